The topological polar surface area (TPSA) is 212 Å². The summed E-state index contributed by atoms with van der Waals surface area (Å²) in [4.78, 5) is 58.0. The highest BCUT2D eigenvalue weighted by atomic mass is 32.2. The third-order valence-electron chi connectivity index (χ3n) is 14.2. The SMILES string of the molecule is CN[C@@H](C)C(=O)N[C@H](C(=O)N1CCC[C@H]1CN(CCc1ccccc1)S(=O)(=O)c1ccc2cc(S(=O)(=O)N(CCc3ccccc3)C[C@@H]3CCCN3C(=O)[C@@H](NC(=O)[C@H](C)N)C(C)(C)C)ccc2c1)C(C)(C)C. The van der Waals surface area contributed by atoms with Crippen molar-refractivity contribution in [1.29, 1.82) is 0 Å². The molecule has 398 valence electrons. The van der Waals surface area contributed by atoms with E-state index in [2.05, 4.69) is 16.0 Å². The lowest BCUT2D eigenvalue weighted by Crippen LogP contribution is -2.59. The molecule has 73 heavy (non-hydrogen) atoms. The molecule has 0 bridgehead atoms. The third-order valence-corrected chi connectivity index (χ3v) is 18.0. The smallest absolute Gasteiger partial charge is 0.245 e. The van der Waals surface area contributed by atoms with Crippen molar-refractivity contribution in [2.24, 2.45) is 16.6 Å². The first-order chi connectivity index (χ1) is 34.3. The first kappa shape index (κ1) is 57.0. The van der Waals surface area contributed by atoms with Gasteiger partial charge in [0.2, 0.25) is 43.7 Å². The van der Waals surface area contributed by atoms with Crippen LogP contribution in [-0.4, -0.2) is 141 Å². The lowest BCUT2D eigenvalue weighted by molar-refractivity contribution is -0.140. The Morgan fingerprint density at radius 2 is 1.00 bits per heavy atom. The highest BCUT2D eigenvalue weighted by molar-refractivity contribution is 7.89. The Bertz CT molecular complexity index is 2780. The molecule has 2 aliphatic rings. The first-order valence-corrected chi connectivity index (χ1v) is 28.5. The monoisotopic (exact) mass is 1040 g/mol. The number of fused-ring (bicyclic) bond motifs is 1. The van der Waals surface area contributed by atoms with Gasteiger partial charge in [-0.15, -0.1) is 0 Å². The van der Waals surface area contributed by atoms with Gasteiger partial charge in [0.25, 0.3) is 0 Å². The summed E-state index contributed by atoms with van der Waals surface area (Å²) in [6, 6.07) is 24.6. The molecule has 0 aliphatic carbocycles. The van der Waals surface area contributed by atoms with Crippen molar-refractivity contribution >= 4 is 54.4 Å². The lowest BCUT2D eigenvalue weighted by atomic mass is 9.85. The summed E-state index contributed by atoms with van der Waals surface area (Å²) >= 11 is 0. The molecule has 0 aromatic heterocycles. The van der Waals surface area contributed by atoms with Crippen molar-refractivity contribution in [3.8, 4) is 0 Å². The van der Waals surface area contributed by atoms with Gasteiger partial charge in [0.1, 0.15) is 12.1 Å². The van der Waals surface area contributed by atoms with E-state index in [1.165, 1.54) is 20.7 Å². The fraction of sp³-hybridized carbons (Fsp3) is 0.527. The minimum atomic E-state index is -4.19. The number of carbonyl (C=O) groups is 4. The van der Waals surface area contributed by atoms with Gasteiger partial charge in [0.15, 0.2) is 0 Å². The van der Waals surface area contributed by atoms with Gasteiger partial charge in [-0.2, -0.15) is 8.61 Å². The van der Waals surface area contributed by atoms with Crippen LogP contribution in [0.25, 0.3) is 10.8 Å². The van der Waals surface area contributed by atoms with Crippen molar-refractivity contribution in [2.75, 3.05) is 46.3 Å². The van der Waals surface area contributed by atoms with Crippen molar-refractivity contribution in [3.05, 3.63) is 108 Å². The van der Waals surface area contributed by atoms with Crippen molar-refractivity contribution in [3.63, 3.8) is 0 Å². The Hall–Kier alpha value is -5.24. The van der Waals surface area contributed by atoms with E-state index in [4.69, 9.17) is 5.73 Å². The number of likely N-dealkylation sites (N-methyl/N-ethyl adjacent to an activating group) is 1. The maximum atomic E-state index is 14.9. The molecule has 0 unspecified atom stereocenters. The average Bonchev–Trinajstić information content (AvgIpc) is 4.03. The zero-order chi connectivity index (χ0) is 53.5. The summed E-state index contributed by atoms with van der Waals surface area (Å²) in [5.74, 6) is -1.30. The molecule has 18 heteroatoms. The molecular weight excluding hydrogens is 965 g/mol. The molecule has 16 nitrogen and oxygen atoms in total. The van der Waals surface area contributed by atoms with Crippen LogP contribution in [0.15, 0.2) is 107 Å². The number of likely N-dealkylation sites (tertiary alicyclic amines) is 2. The number of benzene rings is 4. The summed E-state index contributed by atoms with van der Waals surface area (Å²) < 4.78 is 62.6. The van der Waals surface area contributed by atoms with Gasteiger partial charge in [-0.05, 0) is 116 Å². The summed E-state index contributed by atoms with van der Waals surface area (Å²) in [7, 11) is -6.71. The quantitative estimate of drug-likeness (QED) is 0.0846. The third kappa shape index (κ3) is 14.1. The standard InChI is InChI=1S/C55H78N8O8S2/c1-38(56)50(64)58-48(54(3,4)5)52(66)62-30-16-22-44(62)36-60(32-28-40-18-12-10-13-19-40)72(68,69)46-26-24-43-35-47(27-25-42(43)34-46)73(70,71)61(33-29-41-20-14-11-15-21-41)37-45-23-17-31-63(45)53(67)49(55(6,7)8)59-51(65)39(2)57-9/h10-15,18-21,24-27,34-35,38-39,44-45,48-49,57H,16-17,22-23,28-33,36-37,56H2,1-9H3,(H,58,64)(H,59,65)/t38-,39-,44-,45-,48+,49+/m0/s1. The number of rotatable bonds is 21. The summed E-state index contributed by atoms with van der Waals surface area (Å²) in [5.41, 5.74) is 6.49. The first-order valence-electron chi connectivity index (χ1n) is 25.6. The second-order valence-corrected chi connectivity index (χ2v) is 25.8. The zero-order valence-corrected chi connectivity index (χ0v) is 45.8. The highest BCUT2D eigenvalue weighted by Crippen LogP contribution is 2.32. The molecule has 4 aromatic carbocycles. The molecule has 2 aliphatic heterocycles. The van der Waals surface area contributed by atoms with Crippen molar-refractivity contribution < 1.29 is 36.0 Å². The van der Waals surface area contributed by atoms with E-state index in [1.807, 2.05) is 102 Å². The number of carbonyl (C=O) groups excluding carboxylic acids is 4. The van der Waals surface area contributed by atoms with E-state index in [9.17, 15) is 36.0 Å². The fourth-order valence-electron chi connectivity index (χ4n) is 9.64. The normalized spacial score (nSPS) is 18.5. The summed E-state index contributed by atoms with van der Waals surface area (Å²) in [6.45, 7) is 15.7. The molecule has 5 N–H and O–H groups in total. The van der Waals surface area contributed by atoms with Crippen molar-refractivity contribution in [1.82, 2.24) is 34.4 Å². The van der Waals surface area contributed by atoms with Gasteiger partial charge in [0, 0.05) is 51.4 Å². The summed E-state index contributed by atoms with van der Waals surface area (Å²) in [6.07, 6.45) is 3.33. The van der Waals surface area contributed by atoms with Gasteiger partial charge < -0.3 is 31.5 Å². The predicted octanol–water partition coefficient (Wildman–Crippen LogP) is 5.31. The van der Waals surface area contributed by atoms with E-state index in [0.717, 1.165) is 11.1 Å². The number of amides is 4. The Balaban J connectivity index is 1.29. The molecule has 4 aromatic rings. The van der Waals surface area contributed by atoms with Crippen LogP contribution >= 0.6 is 0 Å². The van der Waals surface area contributed by atoms with E-state index in [-0.39, 0.29) is 53.7 Å². The number of hydrogen-bond acceptors (Lipinski definition) is 10. The minimum absolute atomic E-state index is 0.0250. The number of sulfonamides is 2. The molecular formula is C55H78N8O8S2. The maximum absolute atomic E-state index is 14.9. The average molecular weight is 1040 g/mol. The molecule has 0 saturated carbocycles. The molecule has 0 spiro atoms. The second-order valence-electron chi connectivity index (χ2n) is 21.9. The summed E-state index contributed by atoms with van der Waals surface area (Å²) in [5, 5.41) is 9.76. The zero-order valence-electron chi connectivity index (χ0n) is 44.1. The largest absolute Gasteiger partial charge is 0.342 e. The van der Waals surface area contributed by atoms with Crippen LogP contribution in [-0.2, 0) is 52.1 Å². The molecule has 2 heterocycles. The number of nitrogens with one attached hydrogen (secondary N) is 3. The van der Waals surface area contributed by atoms with Gasteiger partial charge >= 0.3 is 0 Å². The van der Waals surface area contributed by atoms with Gasteiger partial charge in [-0.1, -0.05) is 114 Å². The van der Waals surface area contributed by atoms with Crippen molar-refractivity contribution in [2.45, 2.75) is 140 Å². The van der Waals surface area contributed by atoms with E-state index < -0.39 is 73.0 Å². The minimum Gasteiger partial charge on any atom is -0.342 e. The molecule has 2 fully saturated rings. The molecule has 0 radical (unpaired) electrons. The molecule has 6 rings (SSSR count). The van der Waals surface area contributed by atoms with Crippen LogP contribution in [0.2, 0.25) is 0 Å². The number of nitrogens with two attached hydrogens (primary N) is 1. The van der Waals surface area contributed by atoms with Crippen LogP contribution < -0.4 is 21.7 Å². The van der Waals surface area contributed by atoms with E-state index in [0.29, 0.717) is 62.4 Å². The predicted molar refractivity (Wildman–Crippen MR) is 286 cm³/mol. The van der Waals surface area contributed by atoms with Gasteiger partial charge in [-0.25, -0.2) is 16.8 Å². The molecule has 4 amide bonds. The Kier molecular flexibility index (Phi) is 18.7. The van der Waals surface area contributed by atoms with Crippen LogP contribution in [0, 0.1) is 10.8 Å². The Labute approximate surface area is 433 Å². The van der Waals surface area contributed by atoms with E-state index in [1.54, 1.807) is 55.0 Å². The van der Waals surface area contributed by atoms with Crippen LogP contribution in [0.4, 0.5) is 0 Å². The van der Waals surface area contributed by atoms with Crippen LogP contribution in [0.1, 0.15) is 92.2 Å². The maximum Gasteiger partial charge on any atom is 0.245 e. The Morgan fingerprint density at radius 3 is 1.36 bits per heavy atom. The van der Waals surface area contributed by atoms with Gasteiger partial charge in [0.05, 0.1) is 21.9 Å². The molecule has 2 saturated heterocycles. The highest BCUT2D eigenvalue weighted by Gasteiger charge is 2.43. The van der Waals surface area contributed by atoms with Crippen LogP contribution in [0.5, 0.6) is 0 Å². The molecule has 6 atom stereocenters. The lowest BCUT2D eigenvalue weighted by Gasteiger charge is -2.37. The van der Waals surface area contributed by atoms with Crippen LogP contribution in [0.3, 0.4) is 0 Å². The van der Waals surface area contributed by atoms with E-state index >= 15 is 0 Å². The van der Waals surface area contributed by atoms with Gasteiger partial charge in [-0.3, -0.25) is 19.2 Å². The number of nitrogens with zero attached hydrogens (tertiary/aromatic N) is 4. The Morgan fingerprint density at radius 1 is 0.616 bits per heavy atom. The fourth-order valence-corrected chi connectivity index (χ4v) is 12.7. The number of hydrogen-bond donors (Lipinski definition) is 4. The second kappa shape index (κ2) is 24.0.